The Labute approximate surface area is 339 Å². The van der Waals surface area contributed by atoms with E-state index in [2.05, 4.69) is 231 Å². The van der Waals surface area contributed by atoms with Crippen LogP contribution in [0.3, 0.4) is 0 Å². The summed E-state index contributed by atoms with van der Waals surface area (Å²) in [5, 5.41) is 10.1. The third-order valence-electron chi connectivity index (χ3n) is 11.9. The first-order valence-electron chi connectivity index (χ1n) is 20.1. The van der Waals surface area contributed by atoms with Gasteiger partial charge in [-0.3, -0.25) is 0 Å². The van der Waals surface area contributed by atoms with Crippen molar-refractivity contribution in [2.45, 2.75) is 0 Å². The monoisotopic (exact) mass is 734 g/mol. The molecule has 0 aliphatic carbocycles. The molecule has 0 aromatic heterocycles. The molecule has 270 valence electrons. The highest BCUT2D eigenvalue weighted by molar-refractivity contribution is 6.21. The maximum absolute atomic E-state index is 2.32. The second-order valence-corrected chi connectivity index (χ2v) is 15.1. The predicted octanol–water partition coefficient (Wildman–Crippen LogP) is 16.3. The van der Waals surface area contributed by atoms with E-state index in [1.165, 1.54) is 110 Å². The average molecular weight is 735 g/mol. The second kappa shape index (κ2) is 14.2. The Morgan fingerprint density at radius 1 is 0.172 bits per heavy atom. The molecule has 0 heteroatoms. The van der Waals surface area contributed by atoms with Crippen molar-refractivity contribution in [3.8, 4) is 66.8 Å². The summed E-state index contributed by atoms with van der Waals surface area (Å²) in [5.74, 6) is 0. The van der Waals surface area contributed by atoms with Gasteiger partial charge >= 0.3 is 0 Å². The summed E-state index contributed by atoms with van der Waals surface area (Å²) in [6.45, 7) is 0. The summed E-state index contributed by atoms with van der Waals surface area (Å²) in [6.07, 6.45) is 0. The SMILES string of the molecule is c1ccc(-c2cccc3c(-c4ccc(-c5c6ccccc6c(-c6ccc(-c7cccc8ccccc78)cc6)c6ccccc56)cc4)ccc(-c4ccccc4)c23)cc1. The van der Waals surface area contributed by atoms with E-state index in [1.807, 2.05) is 0 Å². The smallest absolute Gasteiger partial charge is 0.00206 e. The average Bonchev–Trinajstić information content (AvgIpc) is 3.31. The lowest BCUT2D eigenvalue weighted by atomic mass is 9.85. The molecular weight excluding hydrogens is 697 g/mol. The van der Waals surface area contributed by atoms with Crippen molar-refractivity contribution < 1.29 is 0 Å². The Morgan fingerprint density at radius 3 is 1.03 bits per heavy atom. The summed E-state index contributed by atoms with van der Waals surface area (Å²) in [5.41, 5.74) is 14.8. The Bertz CT molecular complexity index is 3180. The Balaban J connectivity index is 1.04. The molecule has 0 saturated carbocycles. The predicted molar refractivity (Wildman–Crippen MR) is 249 cm³/mol. The first kappa shape index (κ1) is 33.8. The van der Waals surface area contributed by atoms with E-state index in [9.17, 15) is 0 Å². The molecule has 0 heterocycles. The van der Waals surface area contributed by atoms with Crippen molar-refractivity contribution in [1.29, 1.82) is 0 Å². The van der Waals surface area contributed by atoms with E-state index in [0.717, 1.165) is 0 Å². The van der Waals surface area contributed by atoms with Crippen molar-refractivity contribution in [2.75, 3.05) is 0 Å². The largest absolute Gasteiger partial charge is 0.0622 e. The highest BCUT2D eigenvalue weighted by Crippen LogP contribution is 2.46. The molecule has 0 fully saturated rings. The lowest BCUT2D eigenvalue weighted by Gasteiger charge is -2.19. The van der Waals surface area contributed by atoms with Gasteiger partial charge in [-0.05, 0) is 110 Å². The van der Waals surface area contributed by atoms with Crippen LogP contribution < -0.4 is 0 Å². The van der Waals surface area contributed by atoms with Gasteiger partial charge in [-0.15, -0.1) is 0 Å². The molecule has 0 radical (unpaired) electrons. The van der Waals surface area contributed by atoms with Gasteiger partial charge in [0.2, 0.25) is 0 Å². The van der Waals surface area contributed by atoms with E-state index in [-0.39, 0.29) is 0 Å². The van der Waals surface area contributed by atoms with Crippen LogP contribution in [-0.4, -0.2) is 0 Å². The molecule has 0 aliphatic rings. The van der Waals surface area contributed by atoms with Crippen LogP contribution >= 0.6 is 0 Å². The lowest BCUT2D eigenvalue weighted by Crippen LogP contribution is -1.92. The second-order valence-electron chi connectivity index (χ2n) is 15.1. The third-order valence-corrected chi connectivity index (χ3v) is 11.9. The van der Waals surface area contributed by atoms with Gasteiger partial charge in [0.15, 0.2) is 0 Å². The summed E-state index contributed by atoms with van der Waals surface area (Å²) < 4.78 is 0. The van der Waals surface area contributed by atoms with Crippen molar-refractivity contribution in [1.82, 2.24) is 0 Å². The Kier molecular flexibility index (Phi) is 8.26. The highest BCUT2D eigenvalue weighted by atomic mass is 14.2. The number of hydrogen-bond donors (Lipinski definition) is 0. The molecule has 0 bridgehead atoms. The quantitative estimate of drug-likeness (QED) is 0.149. The van der Waals surface area contributed by atoms with Crippen molar-refractivity contribution in [3.63, 3.8) is 0 Å². The van der Waals surface area contributed by atoms with Gasteiger partial charge in [0.1, 0.15) is 0 Å². The van der Waals surface area contributed by atoms with E-state index in [4.69, 9.17) is 0 Å². The fourth-order valence-corrected chi connectivity index (χ4v) is 9.24. The standard InChI is InChI=1S/C58H38/c1-3-15-40(16-4-1)49-27-14-28-51-48(37-38-50(58(49)51)41-17-5-2-6-18-41)43-31-35-45(36-32-43)57-54-24-11-9-22-52(54)56(53-23-10-12-25-55(53)57)44-33-29-42(30-34-44)47-26-13-20-39-19-7-8-21-46(39)47/h1-38H. The molecular formula is C58H38. The van der Waals surface area contributed by atoms with Gasteiger partial charge in [-0.1, -0.05) is 231 Å². The number of benzene rings is 11. The highest BCUT2D eigenvalue weighted by Gasteiger charge is 2.18. The molecule has 0 spiro atoms. The van der Waals surface area contributed by atoms with Crippen LogP contribution in [0.25, 0.3) is 110 Å². The fourth-order valence-electron chi connectivity index (χ4n) is 9.24. The molecule has 0 saturated heterocycles. The maximum atomic E-state index is 2.32. The van der Waals surface area contributed by atoms with Gasteiger partial charge in [0, 0.05) is 0 Å². The molecule has 11 aromatic carbocycles. The van der Waals surface area contributed by atoms with Gasteiger partial charge in [0.25, 0.3) is 0 Å². The summed E-state index contributed by atoms with van der Waals surface area (Å²) in [7, 11) is 0. The molecule has 0 unspecified atom stereocenters. The summed E-state index contributed by atoms with van der Waals surface area (Å²) in [6, 6.07) is 84.4. The molecule has 0 nitrogen and oxygen atoms in total. The van der Waals surface area contributed by atoms with E-state index < -0.39 is 0 Å². The molecule has 0 amide bonds. The Morgan fingerprint density at radius 2 is 0.500 bits per heavy atom. The van der Waals surface area contributed by atoms with Crippen LogP contribution in [0.15, 0.2) is 231 Å². The molecule has 0 aliphatic heterocycles. The molecule has 11 aromatic rings. The molecule has 0 N–H and O–H groups in total. The first-order chi connectivity index (χ1) is 28.8. The third kappa shape index (κ3) is 5.69. The summed E-state index contributed by atoms with van der Waals surface area (Å²) in [4.78, 5) is 0. The fraction of sp³-hybridized carbons (Fsp3) is 0. The zero-order chi connectivity index (χ0) is 38.4. The molecule has 0 atom stereocenters. The number of fused-ring (bicyclic) bond motifs is 4. The van der Waals surface area contributed by atoms with Crippen LogP contribution in [-0.2, 0) is 0 Å². The van der Waals surface area contributed by atoms with Gasteiger partial charge in [-0.2, -0.15) is 0 Å². The summed E-state index contributed by atoms with van der Waals surface area (Å²) >= 11 is 0. The first-order valence-corrected chi connectivity index (χ1v) is 20.1. The van der Waals surface area contributed by atoms with Crippen LogP contribution in [0.5, 0.6) is 0 Å². The van der Waals surface area contributed by atoms with E-state index in [1.54, 1.807) is 0 Å². The van der Waals surface area contributed by atoms with Crippen molar-refractivity contribution >= 4 is 43.1 Å². The van der Waals surface area contributed by atoms with Crippen molar-refractivity contribution in [2.24, 2.45) is 0 Å². The van der Waals surface area contributed by atoms with E-state index >= 15 is 0 Å². The van der Waals surface area contributed by atoms with Crippen LogP contribution in [0.4, 0.5) is 0 Å². The minimum atomic E-state index is 1.20. The van der Waals surface area contributed by atoms with Crippen molar-refractivity contribution in [3.05, 3.63) is 231 Å². The number of hydrogen-bond acceptors (Lipinski definition) is 0. The minimum Gasteiger partial charge on any atom is -0.0622 e. The van der Waals surface area contributed by atoms with Gasteiger partial charge < -0.3 is 0 Å². The van der Waals surface area contributed by atoms with Crippen LogP contribution in [0, 0.1) is 0 Å². The Hall–Kier alpha value is -7.54. The van der Waals surface area contributed by atoms with Gasteiger partial charge in [0.05, 0.1) is 0 Å². The maximum Gasteiger partial charge on any atom is -0.00206 e. The topological polar surface area (TPSA) is 0 Å². The lowest BCUT2D eigenvalue weighted by molar-refractivity contribution is 1.60. The van der Waals surface area contributed by atoms with Gasteiger partial charge in [-0.25, -0.2) is 0 Å². The molecule has 11 rings (SSSR count). The zero-order valence-electron chi connectivity index (χ0n) is 31.9. The number of rotatable bonds is 6. The zero-order valence-corrected chi connectivity index (χ0v) is 31.9. The van der Waals surface area contributed by atoms with E-state index in [0.29, 0.717) is 0 Å². The van der Waals surface area contributed by atoms with Crippen LogP contribution in [0.2, 0.25) is 0 Å². The van der Waals surface area contributed by atoms with Crippen LogP contribution in [0.1, 0.15) is 0 Å². The normalized spacial score (nSPS) is 11.4. The minimum absolute atomic E-state index is 1.20. The molecule has 58 heavy (non-hydrogen) atoms.